The van der Waals surface area contributed by atoms with Crippen molar-refractivity contribution in [3.8, 4) is 5.75 Å². The Bertz CT molecular complexity index is 1670. The van der Waals surface area contributed by atoms with Gasteiger partial charge in [0.25, 0.3) is 0 Å². The van der Waals surface area contributed by atoms with Crippen molar-refractivity contribution in [2.45, 2.75) is 96.9 Å². The molecule has 2 aromatic rings. The molecule has 0 unspecified atom stereocenters. The van der Waals surface area contributed by atoms with E-state index in [1.807, 2.05) is 39.1 Å². The second-order valence-corrected chi connectivity index (χ2v) is 20.2. The first kappa shape index (κ1) is 52.8. The van der Waals surface area contributed by atoms with Gasteiger partial charge in [0.1, 0.15) is 0 Å². The summed E-state index contributed by atoms with van der Waals surface area (Å²) in [7, 11) is 3.69. The van der Waals surface area contributed by atoms with Crippen LogP contribution >= 0.6 is 0 Å². The number of aromatic nitrogens is 1. The van der Waals surface area contributed by atoms with E-state index in [-0.39, 0.29) is 0 Å². The fourth-order valence-corrected chi connectivity index (χ4v) is 6.87. The third-order valence-corrected chi connectivity index (χ3v) is 15.0. The summed E-state index contributed by atoms with van der Waals surface area (Å²) in [5.74, 6) is 3.94. The van der Waals surface area contributed by atoms with Crippen LogP contribution in [0, 0.1) is 57.4 Å². The summed E-state index contributed by atoms with van der Waals surface area (Å²) in [5, 5.41) is 0. The van der Waals surface area contributed by atoms with Crippen LogP contribution in [0.3, 0.4) is 0 Å². The average molecular weight is 1390 g/mol. The quantitative estimate of drug-likeness (QED) is 0.146. The number of hydrogen-bond acceptors (Lipinski definition) is 5. The molecule has 0 saturated carbocycles. The molecule has 52 heavy (non-hydrogen) atoms. The van der Waals surface area contributed by atoms with E-state index in [2.05, 4.69) is 114 Å². The first-order valence-electron chi connectivity index (χ1n) is 17.1. The van der Waals surface area contributed by atoms with Crippen molar-refractivity contribution >= 4 is 53.6 Å². The Balaban J connectivity index is 0. The molecule has 1 heterocycles. The van der Waals surface area contributed by atoms with Crippen LogP contribution in [-0.4, -0.2) is 53.8 Å². The number of nitrogens with zero attached hydrogens (tertiary/aromatic N) is 5. The van der Waals surface area contributed by atoms with E-state index in [4.69, 9.17) is 24.9 Å². The molecule has 0 amide bonds. The number of aliphatic imine (C=N–C) groups is 4. The maximum atomic E-state index is 5.50. The van der Waals surface area contributed by atoms with Crippen molar-refractivity contribution in [2.75, 3.05) is 7.11 Å². The van der Waals surface area contributed by atoms with Crippen molar-refractivity contribution in [3.05, 3.63) is 63.5 Å². The molecule has 10 heteroatoms. The normalized spacial score (nSPS) is 11.1. The van der Waals surface area contributed by atoms with Crippen molar-refractivity contribution in [2.24, 2.45) is 50.7 Å². The van der Waals surface area contributed by atoms with E-state index >= 15 is 0 Å². The van der Waals surface area contributed by atoms with Gasteiger partial charge in [0.05, 0.1) is 0 Å². The molecule has 286 valence electrons. The third-order valence-electron chi connectivity index (χ3n) is 7.70. The number of ether oxygens (including phenoxy) is 1. The van der Waals surface area contributed by atoms with Gasteiger partial charge in [-0.05, 0) is 0 Å². The monoisotopic (exact) mass is 1390 g/mol. The van der Waals surface area contributed by atoms with Crippen molar-refractivity contribution < 1.29 is 82.2 Å². The van der Waals surface area contributed by atoms with E-state index in [1.165, 1.54) is 117 Å². The van der Waals surface area contributed by atoms with Crippen LogP contribution in [0.2, 0.25) is 0 Å². The van der Waals surface area contributed by atoms with Crippen molar-refractivity contribution in [1.82, 2.24) is 4.57 Å². The first-order valence-corrected chi connectivity index (χ1v) is 22.9. The molecule has 0 atom stereocenters. The summed E-state index contributed by atoms with van der Waals surface area (Å²) < 4.78 is 12.8. The Morgan fingerprint density at radius 2 is 1.31 bits per heavy atom. The van der Waals surface area contributed by atoms with Gasteiger partial charge < -0.3 is 0 Å². The van der Waals surface area contributed by atoms with Gasteiger partial charge in [-0.2, -0.15) is 0 Å². The third kappa shape index (κ3) is 18.3. The van der Waals surface area contributed by atoms with Crippen LogP contribution in [0.15, 0.2) is 43.9 Å². The van der Waals surface area contributed by atoms with Crippen LogP contribution < -0.4 is 4.74 Å². The topological polar surface area (TPSA) is 63.6 Å². The summed E-state index contributed by atoms with van der Waals surface area (Å²) in [6.45, 7) is 45.7. The molecule has 0 bridgehead atoms. The standard InChI is InChI=1S/C14H18NO.C12H17N2.2C8H12N.4W/c1-9(2)7-12-10(3)11(4)14(16-6)8-13(12)15-5;1-8(2)7-11-9(3)10(4)14(6)12(11)13-5;1-7(2)5-6-8(3)9-4;1-4-9-7-5-6-8(2)3;;;;/h5,8-9H,1-4,6H3;5,8H,1-4,6H3;4,6-7H,1-3H3;5,7-8H,1-3H3;;;;/q4*-1;;;;. The fourth-order valence-electron chi connectivity index (χ4n) is 4.23. The second kappa shape index (κ2) is 27.3. The van der Waals surface area contributed by atoms with Crippen LogP contribution in [0.1, 0.15) is 103 Å². The summed E-state index contributed by atoms with van der Waals surface area (Å²) >= 11 is 5.88. The average Bonchev–Trinajstić information content (AvgIpc) is 3.30. The van der Waals surface area contributed by atoms with Gasteiger partial charge in [0.15, 0.2) is 0 Å². The second-order valence-electron chi connectivity index (χ2n) is 13.2. The minimum atomic E-state index is 0.496. The molecule has 6 nitrogen and oxygen atoms in total. The summed E-state index contributed by atoms with van der Waals surface area (Å²) in [5.41, 5.74) is 9.09. The van der Waals surface area contributed by atoms with Gasteiger partial charge in [-0.25, -0.2) is 0 Å². The number of benzene rings is 1. The Labute approximate surface area is 361 Å². The van der Waals surface area contributed by atoms with Crippen molar-refractivity contribution in [1.29, 1.82) is 0 Å². The van der Waals surface area contributed by atoms with Crippen molar-refractivity contribution in [3.63, 3.8) is 0 Å². The zero-order chi connectivity index (χ0) is 41.0. The predicted octanol–water partition coefficient (Wildman–Crippen LogP) is 9.43. The number of hydrogen-bond donors (Lipinski definition) is 0. The molecular formula is C42H59N5OW4-4. The molecule has 0 aliphatic heterocycles. The van der Waals surface area contributed by atoms with Gasteiger partial charge >= 0.3 is 364 Å². The minimum absolute atomic E-state index is 0.496. The van der Waals surface area contributed by atoms with Crippen LogP contribution in [-0.2, 0) is 84.5 Å². The zero-order valence-corrected chi connectivity index (χ0v) is 45.9. The van der Waals surface area contributed by atoms with E-state index in [9.17, 15) is 0 Å². The summed E-state index contributed by atoms with van der Waals surface area (Å²) in [6, 6.07) is 1.92. The van der Waals surface area contributed by atoms with Gasteiger partial charge in [-0.1, -0.05) is 0 Å². The van der Waals surface area contributed by atoms with E-state index in [0.717, 1.165) is 32.5 Å². The Kier molecular flexibility index (Phi) is 27.7. The summed E-state index contributed by atoms with van der Waals surface area (Å²) in [4.78, 5) is 15.5. The number of rotatable bonds is 13. The van der Waals surface area contributed by atoms with E-state index < -0.39 is 0 Å². The molecule has 0 N–H and O–H groups in total. The SMILES string of the molecule is C[C](=[W])N=CC=[C-]C(C)C.[CH-]=NC(C)=C[C](=[W])C(C)C.[CH-]=Nc1c([C](=[W])C(C)C)c(C)c(C)n1C.[CH-]=Nc1cc(OC)c(C)c(C)c1[C](=[W])C(C)C. The first-order chi connectivity index (χ1) is 24.0. The molecule has 1 aromatic heterocycles. The van der Waals surface area contributed by atoms with Gasteiger partial charge in [-0.15, -0.1) is 0 Å². The van der Waals surface area contributed by atoms with Crippen LogP contribution in [0.5, 0.6) is 5.75 Å². The van der Waals surface area contributed by atoms with Gasteiger partial charge in [0.2, 0.25) is 0 Å². The predicted molar refractivity (Wildman–Crippen MR) is 215 cm³/mol. The van der Waals surface area contributed by atoms with E-state index in [1.54, 1.807) is 13.3 Å². The molecule has 0 aliphatic carbocycles. The van der Waals surface area contributed by atoms with E-state index in [0.29, 0.717) is 23.7 Å². The molecule has 0 radical (unpaired) electrons. The fraction of sp³-hybridized carbons (Fsp3) is 0.476. The maximum absolute atomic E-state index is 5.50. The number of allylic oxidation sites excluding steroid dienone is 4. The molecule has 0 saturated heterocycles. The number of methoxy groups -OCH3 is 1. The van der Waals surface area contributed by atoms with Crippen LogP contribution in [0.4, 0.5) is 11.5 Å². The molecular weight excluding hydrogens is 1330 g/mol. The van der Waals surface area contributed by atoms with Gasteiger partial charge in [-0.3, -0.25) is 0 Å². The Morgan fingerprint density at radius 1 is 0.788 bits per heavy atom. The molecule has 1 aromatic carbocycles. The van der Waals surface area contributed by atoms with Gasteiger partial charge in [0, 0.05) is 0 Å². The summed E-state index contributed by atoms with van der Waals surface area (Å²) in [6.07, 6.45) is 8.83. The Hall–Kier alpha value is -1.31. The molecule has 0 fully saturated rings. The van der Waals surface area contributed by atoms with Crippen LogP contribution in [0.25, 0.3) is 0 Å². The molecule has 0 spiro atoms. The molecule has 0 aliphatic rings. The zero-order valence-electron chi connectivity index (χ0n) is 34.1. The Morgan fingerprint density at radius 3 is 1.69 bits per heavy atom. The molecule has 2 rings (SSSR count).